The van der Waals surface area contributed by atoms with Crippen molar-refractivity contribution in [1.82, 2.24) is 10.4 Å². The summed E-state index contributed by atoms with van der Waals surface area (Å²) in [5, 5.41) is 0.987. The van der Waals surface area contributed by atoms with Gasteiger partial charge in [-0.1, -0.05) is 91.9 Å². The van der Waals surface area contributed by atoms with Crippen molar-refractivity contribution in [3.63, 3.8) is 0 Å². The number of fused-ring (bicyclic) bond motifs is 1. The molecule has 0 saturated carbocycles. The van der Waals surface area contributed by atoms with Gasteiger partial charge in [-0.2, -0.15) is 5.01 Å². The normalized spacial score (nSPS) is 16.4. The maximum atomic E-state index is 13.7. The minimum atomic E-state index is -1.50. The highest BCUT2D eigenvalue weighted by atomic mass is 16.6. The van der Waals surface area contributed by atoms with E-state index in [0.29, 0.717) is 11.1 Å². The topological polar surface area (TPSA) is 84.9 Å². The summed E-state index contributed by atoms with van der Waals surface area (Å²) in [6, 6.07) is 25.7. The first-order valence-corrected chi connectivity index (χ1v) is 11.8. The van der Waals surface area contributed by atoms with Gasteiger partial charge in [-0.3, -0.25) is 4.79 Å². The third-order valence-electron chi connectivity index (χ3n) is 6.21. The van der Waals surface area contributed by atoms with Crippen LogP contribution in [0, 0.1) is 0 Å². The van der Waals surface area contributed by atoms with Crippen LogP contribution in [0.25, 0.3) is 6.08 Å². The van der Waals surface area contributed by atoms with Gasteiger partial charge in [0.05, 0.1) is 0 Å². The number of carbonyl (C=O) groups excluding carboxylic acids is 3. The SMILES string of the molecule is CC[C@]1(N(NC(=O)OCc2ccccc2)C(=O)OCc2ccccc2)C(=O)C(C)=Cc2ccccc21. The second kappa shape index (κ2) is 10.9. The zero-order valence-corrected chi connectivity index (χ0v) is 20.3. The average Bonchev–Trinajstić information content (AvgIpc) is 2.92. The number of benzene rings is 3. The van der Waals surface area contributed by atoms with Crippen LogP contribution in [0.1, 0.15) is 42.5 Å². The summed E-state index contributed by atoms with van der Waals surface area (Å²) < 4.78 is 11.0. The molecule has 1 atom stereocenters. The number of amides is 2. The fourth-order valence-corrected chi connectivity index (χ4v) is 4.41. The van der Waals surface area contributed by atoms with E-state index in [-0.39, 0.29) is 25.4 Å². The summed E-state index contributed by atoms with van der Waals surface area (Å²) in [6.07, 6.45) is 0.247. The highest BCUT2D eigenvalue weighted by Crippen LogP contribution is 2.41. The Morgan fingerprint density at radius 1 is 0.833 bits per heavy atom. The molecule has 7 heteroatoms. The Balaban J connectivity index is 1.66. The number of nitrogens with one attached hydrogen (secondary N) is 1. The Bertz CT molecular complexity index is 1270. The van der Waals surface area contributed by atoms with Crippen LogP contribution in [0.15, 0.2) is 90.5 Å². The van der Waals surface area contributed by atoms with Crippen LogP contribution in [-0.4, -0.2) is 23.0 Å². The lowest BCUT2D eigenvalue weighted by molar-refractivity contribution is -0.129. The van der Waals surface area contributed by atoms with Gasteiger partial charge in [-0.05, 0) is 47.2 Å². The Hall–Kier alpha value is -4.39. The van der Waals surface area contributed by atoms with Crippen LogP contribution < -0.4 is 5.43 Å². The van der Waals surface area contributed by atoms with E-state index in [9.17, 15) is 14.4 Å². The fourth-order valence-electron chi connectivity index (χ4n) is 4.41. The highest BCUT2D eigenvalue weighted by Gasteiger charge is 2.51. The maximum absolute atomic E-state index is 13.7. The number of hydrazine groups is 1. The standard InChI is InChI=1S/C29H28N2O5/c1-3-29(25-17-11-10-16-24(25)18-21(2)26(29)32)31(28(34)36-20-23-14-8-5-9-15-23)30-27(33)35-19-22-12-6-4-7-13-22/h4-18H,3,19-20H2,1-2H3,(H,30,33)/t29-/m1/s1. The van der Waals surface area contributed by atoms with Crippen LogP contribution >= 0.6 is 0 Å². The number of carbonyl (C=O) groups is 3. The van der Waals surface area contributed by atoms with E-state index in [1.54, 1.807) is 32.1 Å². The van der Waals surface area contributed by atoms with Gasteiger partial charge in [0.15, 0.2) is 11.3 Å². The largest absolute Gasteiger partial charge is 0.443 e. The minimum absolute atomic E-state index is 0.00215. The molecular formula is C29H28N2O5. The minimum Gasteiger partial charge on any atom is -0.443 e. The summed E-state index contributed by atoms with van der Waals surface area (Å²) in [5.41, 5.74) is 4.44. The molecule has 0 fully saturated rings. The quantitative estimate of drug-likeness (QED) is 0.450. The molecule has 3 aromatic carbocycles. The number of nitrogens with zero attached hydrogens (tertiary/aromatic N) is 1. The van der Waals surface area contributed by atoms with Gasteiger partial charge < -0.3 is 9.47 Å². The smallest absolute Gasteiger partial charge is 0.430 e. The van der Waals surface area contributed by atoms with E-state index in [1.807, 2.05) is 72.8 Å². The Kier molecular flexibility index (Phi) is 7.49. The summed E-state index contributed by atoms with van der Waals surface area (Å²) in [7, 11) is 0. The Morgan fingerprint density at radius 2 is 1.39 bits per heavy atom. The van der Waals surface area contributed by atoms with Gasteiger partial charge in [0.1, 0.15) is 13.2 Å². The predicted octanol–water partition coefficient (Wildman–Crippen LogP) is 5.76. The summed E-state index contributed by atoms with van der Waals surface area (Å²) >= 11 is 0. The number of Topliss-reactive ketones (excluding diaryl/α,β-unsaturated/α-hetero) is 1. The van der Waals surface area contributed by atoms with Crippen molar-refractivity contribution in [2.45, 2.75) is 39.0 Å². The molecule has 1 N–H and O–H groups in total. The molecule has 1 aliphatic carbocycles. The molecule has 3 aromatic rings. The summed E-state index contributed by atoms with van der Waals surface area (Å²) in [6.45, 7) is 3.47. The van der Waals surface area contributed by atoms with Gasteiger partial charge in [-0.15, -0.1) is 0 Å². The molecule has 0 aliphatic heterocycles. The number of rotatable bonds is 6. The van der Waals surface area contributed by atoms with Crippen molar-refractivity contribution >= 4 is 24.0 Å². The van der Waals surface area contributed by atoms with Crippen molar-refractivity contribution < 1.29 is 23.9 Å². The molecule has 0 aromatic heterocycles. The molecule has 2 amide bonds. The van der Waals surface area contributed by atoms with Crippen molar-refractivity contribution in [2.24, 2.45) is 0 Å². The van der Waals surface area contributed by atoms with Crippen molar-refractivity contribution in [3.8, 4) is 0 Å². The zero-order valence-electron chi connectivity index (χ0n) is 20.3. The first-order chi connectivity index (χ1) is 17.5. The molecular weight excluding hydrogens is 456 g/mol. The van der Waals surface area contributed by atoms with Crippen molar-refractivity contribution in [1.29, 1.82) is 0 Å². The van der Waals surface area contributed by atoms with Crippen molar-refractivity contribution in [2.75, 3.05) is 0 Å². The van der Waals surface area contributed by atoms with Crippen LogP contribution in [-0.2, 0) is 33.0 Å². The van der Waals surface area contributed by atoms with E-state index in [1.165, 1.54) is 0 Å². The molecule has 0 saturated heterocycles. The van der Waals surface area contributed by atoms with Crippen LogP contribution in [0.2, 0.25) is 0 Å². The Morgan fingerprint density at radius 3 is 2.00 bits per heavy atom. The molecule has 4 rings (SSSR count). The monoisotopic (exact) mass is 484 g/mol. The van der Waals surface area contributed by atoms with Gasteiger partial charge in [0.25, 0.3) is 0 Å². The molecule has 0 heterocycles. The predicted molar refractivity (Wildman–Crippen MR) is 135 cm³/mol. The Labute approximate surface area is 210 Å². The van der Waals surface area contributed by atoms with Crippen molar-refractivity contribution in [3.05, 3.63) is 113 Å². The molecule has 7 nitrogen and oxygen atoms in total. The molecule has 0 spiro atoms. The van der Waals surface area contributed by atoms with E-state index in [2.05, 4.69) is 5.43 Å². The molecule has 184 valence electrons. The van der Waals surface area contributed by atoms with Gasteiger partial charge >= 0.3 is 12.2 Å². The molecule has 1 aliphatic rings. The van der Waals surface area contributed by atoms with E-state index < -0.39 is 17.7 Å². The molecule has 36 heavy (non-hydrogen) atoms. The first kappa shape index (κ1) is 24.7. The van der Waals surface area contributed by atoms with Crippen LogP contribution in [0.5, 0.6) is 0 Å². The lowest BCUT2D eigenvalue weighted by Crippen LogP contribution is -2.62. The summed E-state index contributed by atoms with van der Waals surface area (Å²) in [5.74, 6) is -0.302. The van der Waals surface area contributed by atoms with E-state index >= 15 is 0 Å². The maximum Gasteiger partial charge on any atom is 0.430 e. The zero-order chi connectivity index (χ0) is 25.5. The van der Waals surface area contributed by atoms with Gasteiger partial charge in [0, 0.05) is 0 Å². The van der Waals surface area contributed by atoms with Gasteiger partial charge in [-0.25, -0.2) is 15.0 Å². The second-order valence-corrected chi connectivity index (χ2v) is 8.51. The summed E-state index contributed by atoms with van der Waals surface area (Å²) in [4.78, 5) is 40.1. The lowest BCUT2D eigenvalue weighted by Gasteiger charge is -2.43. The van der Waals surface area contributed by atoms with Crippen LogP contribution in [0.4, 0.5) is 9.59 Å². The number of ketones is 1. The highest BCUT2D eigenvalue weighted by molar-refractivity contribution is 6.10. The first-order valence-electron chi connectivity index (χ1n) is 11.8. The third-order valence-corrected chi connectivity index (χ3v) is 6.21. The molecule has 0 bridgehead atoms. The number of hydrogen-bond acceptors (Lipinski definition) is 5. The average molecular weight is 485 g/mol. The molecule has 0 radical (unpaired) electrons. The van der Waals surface area contributed by atoms with E-state index in [4.69, 9.17) is 9.47 Å². The van der Waals surface area contributed by atoms with Crippen LogP contribution in [0.3, 0.4) is 0 Å². The number of hydrogen-bond donors (Lipinski definition) is 1. The van der Waals surface area contributed by atoms with E-state index in [0.717, 1.165) is 21.7 Å². The molecule has 0 unspecified atom stereocenters. The third kappa shape index (κ3) is 5.00. The number of ether oxygens (including phenoxy) is 2. The second-order valence-electron chi connectivity index (χ2n) is 8.51. The lowest BCUT2D eigenvalue weighted by atomic mass is 9.74. The van der Waals surface area contributed by atoms with Gasteiger partial charge in [0.2, 0.25) is 0 Å². The fraction of sp³-hybridized carbons (Fsp3) is 0.207.